The maximum Gasteiger partial charge on any atom is 0.294 e. The SMILES string of the molecule is CCC(C)(O)c1cc(F)c(Cl)cc1Nc1ncnc(Nc2cc([N+](=O)[O-])c(N3CC[C@@H]3CN(C)C)cc2OC)n1. The fourth-order valence-corrected chi connectivity index (χ4v) is 4.68. The predicted octanol–water partition coefficient (Wildman–Crippen LogP) is 4.83. The van der Waals surface area contributed by atoms with Crippen LogP contribution in [0.25, 0.3) is 0 Å². The van der Waals surface area contributed by atoms with Crippen LogP contribution in [0, 0.1) is 15.9 Å². The molecule has 4 rings (SSSR count). The summed E-state index contributed by atoms with van der Waals surface area (Å²) in [4.78, 5) is 28.2. The summed E-state index contributed by atoms with van der Waals surface area (Å²) in [6.07, 6.45) is 2.49. The summed E-state index contributed by atoms with van der Waals surface area (Å²) in [5, 5.41) is 28.6. The standard InChI is InChI=1S/C26H32ClFN8O4/c1-6-26(2,37)16-9-18(28)17(27)10-19(16)31-24-29-14-30-25(33-24)32-20-11-22(36(38)39)21(12-23(20)40-5)35-8-7-15(35)13-34(3)4/h9-12,14-15,37H,6-8,13H2,1-5H3,(H2,29,30,31,32,33)/t15-,26?/m1/s1. The number of aromatic nitrogens is 3. The molecule has 12 nitrogen and oxygen atoms in total. The van der Waals surface area contributed by atoms with Crippen LogP contribution in [0.4, 0.5) is 39.0 Å². The van der Waals surface area contributed by atoms with Gasteiger partial charge in [-0.05, 0) is 46.0 Å². The van der Waals surface area contributed by atoms with E-state index in [0.29, 0.717) is 35.8 Å². The second kappa shape index (κ2) is 11.7. The van der Waals surface area contributed by atoms with Crippen molar-refractivity contribution >= 4 is 46.2 Å². The Morgan fingerprint density at radius 3 is 2.48 bits per heavy atom. The van der Waals surface area contributed by atoms with Crippen LogP contribution in [0.2, 0.25) is 5.02 Å². The van der Waals surface area contributed by atoms with Crippen LogP contribution in [-0.4, -0.2) is 70.2 Å². The van der Waals surface area contributed by atoms with Crippen LogP contribution < -0.4 is 20.3 Å². The maximum atomic E-state index is 14.2. The minimum atomic E-state index is -1.35. The second-order valence-corrected chi connectivity index (χ2v) is 10.4. The molecule has 3 aromatic rings. The molecule has 2 aromatic carbocycles. The zero-order chi connectivity index (χ0) is 29.2. The third-order valence-electron chi connectivity index (χ3n) is 6.92. The van der Waals surface area contributed by atoms with Gasteiger partial charge in [0.1, 0.15) is 23.6 Å². The number of anilines is 5. The van der Waals surface area contributed by atoms with Crippen molar-refractivity contribution in [2.24, 2.45) is 0 Å². The van der Waals surface area contributed by atoms with Crippen LogP contribution >= 0.6 is 11.6 Å². The summed E-state index contributed by atoms with van der Waals surface area (Å²) in [5.74, 6) is -0.148. The van der Waals surface area contributed by atoms with Gasteiger partial charge in [-0.25, -0.2) is 14.4 Å². The quantitative estimate of drug-likeness (QED) is 0.214. The molecule has 0 bridgehead atoms. The van der Waals surface area contributed by atoms with Gasteiger partial charge in [0, 0.05) is 42.5 Å². The number of likely N-dealkylation sites (N-methyl/N-ethyl adjacent to an activating group) is 1. The Hall–Kier alpha value is -3.81. The molecule has 1 aliphatic rings. The zero-order valence-corrected chi connectivity index (χ0v) is 23.7. The highest BCUT2D eigenvalue weighted by atomic mass is 35.5. The molecule has 0 radical (unpaired) electrons. The third-order valence-corrected chi connectivity index (χ3v) is 7.21. The van der Waals surface area contributed by atoms with E-state index < -0.39 is 16.3 Å². The molecule has 214 valence electrons. The van der Waals surface area contributed by atoms with E-state index in [0.717, 1.165) is 13.0 Å². The molecule has 1 aromatic heterocycles. The Morgan fingerprint density at radius 2 is 1.93 bits per heavy atom. The van der Waals surface area contributed by atoms with Crippen molar-refractivity contribution in [3.05, 3.63) is 57.1 Å². The van der Waals surface area contributed by atoms with Crippen LogP contribution in [0.3, 0.4) is 0 Å². The summed E-state index contributed by atoms with van der Waals surface area (Å²) in [6.45, 7) is 4.81. The monoisotopic (exact) mass is 574 g/mol. The molecule has 40 heavy (non-hydrogen) atoms. The van der Waals surface area contributed by atoms with E-state index in [1.165, 1.54) is 31.6 Å². The van der Waals surface area contributed by atoms with Crippen LogP contribution in [-0.2, 0) is 5.60 Å². The molecular weight excluding hydrogens is 543 g/mol. The number of rotatable bonds is 11. The number of nitro benzene ring substituents is 1. The number of methoxy groups -OCH3 is 1. The lowest BCUT2D eigenvalue weighted by Crippen LogP contribution is -2.52. The molecule has 0 saturated carbocycles. The van der Waals surface area contributed by atoms with Gasteiger partial charge in [0.2, 0.25) is 11.9 Å². The molecule has 0 spiro atoms. The van der Waals surface area contributed by atoms with Gasteiger partial charge in [-0.1, -0.05) is 18.5 Å². The van der Waals surface area contributed by atoms with Gasteiger partial charge >= 0.3 is 0 Å². The van der Waals surface area contributed by atoms with Gasteiger partial charge in [0.15, 0.2) is 0 Å². The van der Waals surface area contributed by atoms with Crippen LogP contribution in [0.15, 0.2) is 30.6 Å². The van der Waals surface area contributed by atoms with Crippen molar-refractivity contribution in [2.75, 3.05) is 49.8 Å². The zero-order valence-electron chi connectivity index (χ0n) is 22.9. The van der Waals surface area contributed by atoms with Gasteiger partial charge in [-0.2, -0.15) is 4.98 Å². The van der Waals surface area contributed by atoms with Gasteiger partial charge in [0.25, 0.3) is 5.69 Å². The molecule has 1 aliphatic heterocycles. The summed E-state index contributed by atoms with van der Waals surface area (Å²) >= 11 is 6.00. The van der Waals surface area contributed by atoms with E-state index >= 15 is 0 Å². The minimum Gasteiger partial charge on any atom is -0.494 e. The molecule has 2 atom stereocenters. The van der Waals surface area contributed by atoms with E-state index in [4.69, 9.17) is 16.3 Å². The Kier molecular flexibility index (Phi) is 8.57. The molecule has 0 aliphatic carbocycles. The number of nitrogens with zero attached hydrogens (tertiary/aromatic N) is 6. The molecule has 3 N–H and O–H groups in total. The van der Waals surface area contributed by atoms with Crippen molar-refractivity contribution in [1.82, 2.24) is 19.9 Å². The molecular formula is C26H32ClFN8O4. The topological polar surface area (TPSA) is 142 Å². The second-order valence-electron chi connectivity index (χ2n) is 10.0. The number of nitrogens with one attached hydrogen (secondary N) is 2. The fraction of sp³-hybridized carbons (Fsp3) is 0.423. The average Bonchev–Trinajstić information content (AvgIpc) is 2.89. The Morgan fingerprint density at radius 1 is 1.25 bits per heavy atom. The van der Waals surface area contributed by atoms with Crippen molar-refractivity contribution in [1.29, 1.82) is 0 Å². The Bertz CT molecular complexity index is 1410. The molecule has 2 heterocycles. The number of benzene rings is 2. The van der Waals surface area contributed by atoms with Gasteiger partial charge < -0.3 is 30.3 Å². The number of nitro groups is 1. The Balaban J connectivity index is 1.65. The summed E-state index contributed by atoms with van der Waals surface area (Å²) in [7, 11) is 5.41. The van der Waals surface area contributed by atoms with Crippen LogP contribution in [0.1, 0.15) is 32.3 Å². The van der Waals surface area contributed by atoms with Crippen molar-refractivity contribution in [3.8, 4) is 5.75 Å². The van der Waals surface area contributed by atoms with Gasteiger partial charge in [-0.15, -0.1) is 0 Å². The molecule has 14 heteroatoms. The molecule has 0 amide bonds. The van der Waals surface area contributed by atoms with Crippen molar-refractivity contribution in [3.63, 3.8) is 0 Å². The first-order valence-corrected chi connectivity index (χ1v) is 13.0. The smallest absolute Gasteiger partial charge is 0.294 e. The van der Waals surface area contributed by atoms with E-state index in [2.05, 4.69) is 25.6 Å². The summed E-state index contributed by atoms with van der Waals surface area (Å²) in [6, 6.07) is 5.71. The van der Waals surface area contributed by atoms with E-state index in [9.17, 15) is 19.6 Å². The molecule has 1 saturated heterocycles. The average molecular weight is 575 g/mol. The number of ether oxygens (including phenoxy) is 1. The maximum absolute atomic E-state index is 14.2. The van der Waals surface area contributed by atoms with E-state index in [1.807, 2.05) is 23.9 Å². The number of halogens is 2. The lowest BCUT2D eigenvalue weighted by atomic mass is 9.91. The fourth-order valence-electron chi connectivity index (χ4n) is 4.51. The van der Waals surface area contributed by atoms with E-state index in [-0.39, 0.29) is 34.2 Å². The number of hydrogen-bond donors (Lipinski definition) is 3. The first-order valence-electron chi connectivity index (χ1n) is 12.7. The highest BCUT2D eigenvalue weighted by Gasteiger charge is 2.34. The molecule has 1 unspecified atom stereocenters. The Labute approximate surface area is 236 Å². The van der Waals surface area contributed by atoms with Crippen LogP contribution in [0.5, 0.6) is 5.75 Å². The third kappa shape index (κ3) is 6.16. The lowest BCUT2D eigenvalue weighted by Gasteiger charge is -2.43. The first-order chi connectivity index (χ1) is 18.9. The minimum absolute atomic E-state index is 0.0734. The summed E-state index contributed by atoms with van der Waals surface area (Å²) < 4.78 is 19.8. The molecule has 1 fully saturated rings. The number of hydrogen-bond acceptors (Lipinski definition) is 11. The van der Waals surface area contributed by atoms with Gasteiger partial charge in [0.05, 0.1) is 28.3 Å². The lowest BCUT2D eigenvalue weighted by molar-refractivity contribution is -0.384. The van der Waals surface area contributed by atoms with E-state index in [1.54, 1.807) is 19.9 Å². The highest BCUT2D eigenvalue weighted by molar-refractivity contribution is 6.31. The first kappa shape index (κ1) is 29.2. The predicted molar refractivity (Wildman–Crippen MR) is 152 cm³/mol. The van der Waals surface area contributed by atoms with Crippen molar-refractivity contribution < 1.29 is 19.2 Å². The van der Waals surface area contributed by atoms with Crippen molar-refractivity contribution in [2.45, 2.75) is 38.3 Å². The highest BCUT2D eigenvalue weighted by Crippen LogP contribution is 2.42. The normalized spacial score (nSPS) is 16.3. The largest absolute Gasteiger partial charge is 0.494 e. The summed E-state index contributed by atoms with van der Waals surface area (Å²) in [5.41, 5.74) is -0.0659. The number of aliphatic hydroxyl groups is 1. The van der Waals surface area contributed by atoms with Gasteiger partial charge in [-0.3, -0.25) is 10.1 Å².